The third-order valence-electron chi connectivity index (χ3n) is 3.80. The first-order valence-electron chi connectivity index (χ1n) is 8.77. The summed E-state index contributed by atoms with van der Waals surface area (Å²) < 4.78 is 49.1. The van der Waals surface area contributed by atoms with E-state index in [0.29, 0.717) is 5.56 Å². The van der Waals surface area contributed by atoms with Crippen molar-refractivity contribution in [2.75, 3.05) is 32.2 Å². The van der Waals surface area contributed by atoms with Gasteiger partial charge in [0.25, 0.3) is 5.91 Å². The van der Waals surface area contributed by atoms with Gasteiger partial charge in [-0.1, -0.05) is 18.2 Å². The van der Waals surface area contributed by atoms with Crippen LogP contribution in [0.25, 0.3) is 0 Å². The molecule has 29 heavy (non-hydrogen) atoms. The lowest BCUT2D eigenvalue weighted by molar-refractivity contribution is -0.137. The molecular formula is C20H21F3N2O4. The summed E-state index contributed by atoms with van der Waals surface area (Å²) in [6.07, 6.45) is -4.68. The summed E-state index contributed by atoms with van der Waals surface area (Å²) >= 11 is 0. The van der Waals surface area contributed by atoms with E-state index in [2.05, 4.69) is 10.6 Å². The number of halogens is 3. The monoisotopic (exact) mass is 410 g/mol. The summed E-state index contributed by atoms with van der Waals surface area (Å²) in [5.74, 6) is -0.813. The molecule has 6 nitrogen and oxygen atoms in total. The van der Waals surface area contributed by atoms with E-state index in [1.165, 1.54) is 7.11 Å². The number of hydrogen-bond acceptors (Lipinski definition) is 4. The van der Waals surface area contributed by atoms with E-state index < -0.39 is 17.6 Å². The smallest absolute Gasteiger partial charge is 0.416 e. The molecule has 0 atom stereocenters. The lowest BCUT2D eigenvalue weighted by atomic mass is 10.1. The van der Waals surface area contributed by atoms with E-state index in [1.807, 2.05) is 0 Å². The Morgan fingerprint density at radius 2 is 1.76 bits per heavy atom. The highest BCUT2D eigenvalue weighted by molar-refractivity contribution is 5.95. The quantitative estimate of drug-likeness (QED) is 0.621. The van der Waals surface area contributed by atoms with Crippen molar-refractivity contribution in [2.45, 2.75) is 12.6 Å². The van der Waals surface area contributed by atoms with Crippen molar-refractivity contribution in [1.82, 2.24) is 5.32 Å². The Bertz CT molecular complexity index is 826. The lowest BCUT2D eigenvalue weighted by Gasteiger charge is -2.15. The van der Waals surface area contributed by atoms with E-state index in [4.69, 9.17) is 9.47 Å². The van der Waals surface area contributed by atoms with Gasteiger partial charge in [-0.25, -0.2) is 0 Å². The van der Waals surface area contributed by atoms with Crippen LogP contribution >= 0.6 is 0 Å². The second kappa shape index (κ2) is 10.5. The molecule has 2 aromatic carbocycles. The van der Waals surface area contributed by atoms with Crippen LogP contribution in [0.3, 0.4) is 0 Å². The summed E-state index contributed by atoms with van der Waals surface area (Å²) in [4.78, 5) is 24.1. The standard InChI is InChI=1S/C20H21F3N2O4/c1-28-11-12-29-17-8-7-15(20(21,22)23)13-16(17)25-18(26)9-10-24-19(27)14-5-3-2-4-6-14/h2-8,13H,9-12H2,1H3,(H,24,27)(H,25,26). The molecule has 0 radical (unpaired) electrons. The predicted octanol–water partition coefficient (Wildman–Crippen LogP) is 3.49. The van der Waals surface area contributed by atoms with Gasteiger partial charge in [-0.15, -0.1) is 0 Å². The van der Waals surface area contributed by atoms with Crippen molar-refractivity contribution in [3.05, 3.63) is 59.7 Å². The van der Waals surface area contributed by atoms with Gasteiger partial charge >= 0.3 is 6.18 Å². The van der Waals surface area contributed by atoms with Gasteiger partial charge in [0.15, 0.2) is 0 Å². The van der Waals surface area contributed by atoms with E-state index >= 15 is 0 Å². The first-order valence-corrected chi connectivity index (χ1v) is 8.77. The summed E-state index contributed by atoms with van der Waals surface area (Å²) in [6.45, 7) is 0.371. The molecule has 0 spiro atoms. The van der Waals surface area contributed by atoms with Gasteiger partial charge in [-0.3, -0.25) is 9.59 Å². The minimum Gasteiger partial charge on any atom is -0.489 e. The highest BCUT2D eigenvalue weighted by Gasteiger charge is 2.31. The molecule has 0 saturated heterocycles. The molecule has 2 aromatic rings. The van der Waals surface area contributed by atoms with Crippen LogP contribution in [0.4, 0.5) is 18.9 Å². The normalized spacial score (nSPS) is 11.0. The van der Waals surface area contributed by atoms with E-state index in [0.717, 1.165) is 18.2 Å². The van der Waals surface area contributed by atoms with Gasteiger partial charge in [0.05, 0.1) is 17.9 Å². The van der Waals surface area contributed by atoms with Crippen LogP contribution in [0, 0.1) is 0 Å². The molecule has 0 aliphatic carbocycles. The summed E-state index contributed by atoms with van der Waals surface area (Å²) in [5.41, 5.74) is -0.570. The fraction of sp³-hybridized carbons (Fsp3) is 0.300. The van der Waals surface area contributed by atoms with Crippen molar-refractivity contribution in [1.29, 1.82) is 0 Å². The summed E-state index contributed by atoms with van der Waals surface area (Å²) in [5, 5.41) is 4.99. The Morgan fingerprint density at radius 1 is 1.03 bits per heavy atom. The number of carbonyl (C=O) groups excluding carboxylic acids is 2. The fourth-order valence-corrected chi connectivity index (χ4v) is 2.36. The molecule has 2 rings (SSSR count). The first kappa shape index (κ1) is 22.2. The minimum atomic E-state index is -4.56. The molecule has 0 saturated carbocycles. The topological polar surface area (TPSA) is 76.7 Å². The zero-order chi connectivity index (χ0) is 21.3. The second-order valence-electron chi connectivity index (χ2n) is 5.97. The number of ether oxygens (including phenoxy) is 2. The van der Waals surface area contributed by atoms with E-state index in [-0.39, 0.29) is 43.5 Å². The molecular weight excluding hydrogens is 389 g/mol. The Balaban J connectivity index is 1.98. The zero-order valence-corrected chi connectivity index (χ0v) is 15.7. The third kappa shape index (κ3) is 7.11. The number of anilines is 1. The number of rotatable bonds is 9. The SMILES string of the molecule is COCCOc1ccc(C(F)(F)F)cc1NC(=O)CCNC(=O)c1ccccc1. The van der Waals surface area contributed by atoms with Crippen LogP contribution in [-0.4, -0.2) is 38.7 Å². The van der Waals surface area contributed by atoms with Crippen molar-refractivity contribution in [3.63, 3.8) is 0 Å². The van der Waals surface area contributed by atoms with Gasteiger partial charge in [0, 0.05) is 25.6 Å². The molecule has 0 aromatic heterocycles. The maximum Gasteiger partial charge on any atom is 0.416 e. The molecule has 0 aliphatic rings. The highest BCUT2D eigenvalue weighted by atomic mass is 19.4. The number of hydrogen-bond donors (Lipinski definition) is 2. The largest absolute Gasteiger partial charge is 0.489 e. The number of benzene rings is 2. The molecule has 0 bridgehead atoms. The van der Waals surface area contributed by atoms with Gasteiger partial charge in [0.2, 0.25) is 5.91 Å². The molecule has 156 valence electrons. The summed E-state index contributed by atoms with van der Waals surface area (Å²) in [7, 11) is 1.46. The molecule has 0 aliphatic heterocycles. The van der Waals surface area contributed by atoms with Crippen molar-refractivity contribution in [3.8, 4) is 5.75 Å². The van der Waals surface area contributed by atoms with Crippen LogP contribution < -0.4 is 15.4 Å². The number of methoxy groups -OCH3 is 1. The number of amides is 2. The number of nitrogens with one attached hydrogen (secondary N) is 2. The van der Waals surface area contributed by atoms with E-state index in [9.17, 15) is 22.8 Å². The fourth-order valence-electron chi connectivity index (χ4n) is 2.36. The second-order valence-corrected chi connectivity index (χ2v) is 5.97. The van der Waals surface area contributed by atoms with Crippen molar-refractivity contribution in [2.24, 2.45) is 0 Å². The predicted molar refractivity (Wildman–Crippen MR) is 101 cm³/mol. The van der Waals surface area contributed by atoms with Crippen molar-refractivity contribution < 1.29 is 32.2 Å². The molecule has 0 fully saturated rings. The third-order valence-corrected chi connectivity index (χ3v) is 3.80. The lowest BCUT2D eigenvalue weighted by Crippen LogP contribution is -2.27. The van der Waals surface area contributed by atoms with Crippen LogP contribution in [0.2, 0.25) is 0 Å². The number of alkyl halides is 3. The van der Waals surface area contributed by atoms with E-state index in [1.54, 1.807) is 30.3 Å². The number of carbonyl (C=O) groups is 2. The Morgan fingerprint density at radius 3 is 2.41 bits per heavy atom. The van der Waals surface area contributed by atoms with Crippen LogP contribution in [0.15, 0.2) is 48.5 Å². The van der Waals surface area contributed by atoms with Crippen LogP contribution in [0.5, 0.6) is 5.75 Å². The Hall–Kier alpha value is -3.07. The van der Waals surface area contributed by atoms with Gasteiger partial charge in [0.1, 0.15) is 12.4 Å². The highest BCUT2D eigenvalue weighted by Crippen LogP contribution is 2.35. The molecule has 0 unspecified atom stereocenters. The first-order chi connectivity index (χ1) is 13.8. The van der Waals surface area contributed by atoms with Crippen molar-refractivity contribution >= 4 is 17.5 Å². The molecule has 9 heteroatoms. The Kier molecular flexibility index (Phi) is 8.02. The maximum absolute atomic E-state index is 13.0. The Labute approximate surface area is 166 Å². The van der Waals surface area contributed by atoms with Crippen LogP contribution in [-0.2, 0) is 15.7 Å². The average Bonchev–Trinajstić information content (AvgIpc) is 2.69. The molecule has 2 N–H and O–H groups in total. The zero-order valence-electron chi connectivity index (χ0n) is 15.7. The van der Waals surface area contributed by atoms with Crippen LogP contribution in [0.1, 0.15) is 22.3 Å². The molecule has 2 amide bonds. The van der Waals surface area contributed by atoms with Gasteiger partial charge in [-0.05, 0) is 30.3 Å². The molecule has 0 heterocycles. The maximum atomic E-state index is 13.0. The van der Waals surface area contributed by atoms with Gasteiger partial charge in [-0.2, -0.15) is 13.2 Å². The van der Waals surface area contributed by atoms with Gasteiger partial charge < -0.3 is 20.1 Å². The average molecular weight is 410 g/mol. The minimum absolute atomic E-state index is 0.0262. The summed E-state index contributed by atoms with van der Waals surface area (Å²) in [6, 6.07) is 11.3.